The highest BCUT2D eigenvalue weighted by atomic mass is 19.5. The van der Waals surface area contributed by atoms with Crippen molar-refractivity contribution in [1.82, 2.24) is 0 Å². The molecule has 1 heterocycles. The van der Waals surface area contributed by atoms with Crippen LogP contribution in [0.15, 0.2) is 65.1 Å². The Morgan fingerprint density at radius 2 is 1.59 bits per heavy atom. The molecule has 1 aromatic heterocycles. The number of benzene rings is 2. The van der Waals surface area contributed by atoms with E-state index in [0.717, 1.165) is 47.2 Å². The van der Waals surface area contributed by atoms with Gasteiger partial charge in [0.15, 0.2) is 0 Å². The van der Waals surface area contributed by atoms with Crippen molar-refractivity contribution in [3.8, 4) is 11.3 Å². The summed E-state index contributed by atoms with van der Waals surface area (Å²) in [6.45, 7) is 1.63. The molecule has 1 N–H and O–H groups in total. The summed E-state index contributed by atoms with van der Waals surface area (Å²) < 4.78 is 50.2. The Morgan fingerprint density at radius 3 is 2.26 bits per heavy atom. The third-order valence-electron chi connectivity index (χ3n) is 3.57. The molecule has 0 fully saturated rings. The van der Waals surface area contributed by atoms with Gasteiger partial charge in [0.25, 0.3) is 0 Å². The van der Waals surface area contributed by atoms with E-state index in [1.807, 2.05) is 36.4 Å². The average molecular weight is 381 g/mol. The average Bonchev–Trinajstić information content (AvgIpc) is 2.64. The molecule has 0 aliphatic rings. The first-order chi connectivity index (χ1) is 12.9. The van der Waals surface area contributed by atoms with Crippen molar-refractivity contribution >= 4 is 18.2 Å². The summed E-state index contributed by atoms with van der Waals surface area (Å²) in [4.78, 5) is 3.49. The van der Waals surface area contributed by atoms with Crippen molar-refractivity contribution in [3.63, 3.8) is 0 Å². The fraction of sp³-hybridized carbons (Fsp3) is 0.211. The number of ether oxygens (including phenoxy) is 1. The maximum absolute atomic E-state index is 9.75. The molecule has 3 aromatic rings. The van der Waals surface area contributed by atoms with E-state index in [1.54, 1.807) is 7.11 Å². The molecule has 0 amide bonds. The van der Waals surface area contributed by atoms with Crippen molar-refractivity contribution in [2.75, 3.05) is 20.3 Å². The maximum atomic E-state index is 9.75. The summed E-state index contributed by atoms with van der Waals surface area (Å²) in [6, 6.07) is 20.3. The number of methoxy groups -OCH3 is 1. The molecule has 27 heavy (non-hydrogen) atoms. The maximum Gasteiger partial charge on any atom is 0.673 e. The first-order valence-electron chi connectivity index (χ1n) is 8.40. The predicted octanol–water partition coefficient (Wildman–Crippen LogP) is 3.42. The van der Waals surface area contributed by atoms with Crippen LogP contribution >= 0.6 is 0 Å². The number of hydrogen-bond donors (Lipinski definition) is 1. The van der Waals surface area contributed by atoms with Gasteiger partial charge in [-0.1, -0.05) is 42.5 Å². The zero-order valence-corrected chi connectivity index (χ0v) is 14.8. The summed E-state index contributed by atoms with van der Waals surface area (Å²) in [5.41, 5.74) is 1.96. The van der Waals surface area contributed by atoms with E-state index in [4.69, 9.17) is 9.15 Å². The van der Waals surface area contributed by atoms with E-state index in [2.05, 4.69) is 29.3 Å². The van der Waals surface area contributed by atoms with Gasteiger partial charge in [-0.05, 0) is 12.1 Å². The van der Waals surface area contributed by atoms with Crippen LogP contribution in [0.5, 0.6) is 0 Å². The third kappa shape index (κ3) is 7.26. The molecule has 0 aliphatic heterocycles. The summed E-state index contributed by atoms with van der Waals surface area (Å²) in [5, 5.41) is 2.19. The van der Waals surface area contributed by atoms with Crippen LogP contribution in [0.25, 0.3) is 22.3 Å². The van der Waals surface area contributed by atoms with Gasteiger partial charge in [0.2, 0.25) is 5.36 Å². The smallest absolute Gasteiger partial charge is 0.456 e. The first kappa shape index (κ1) is 20.7. The van der Waals surface area contributed by atoms with Gasteiger partial charge in [0.1, 0.15) is 17.9 Å². The third-order valence-corrected chi connectivity index (χ3v) is 3.57. The quantitative estimate of drug-likeness (QED) is 0.418. The highest BCUT2D eigenvalue weighted by molar-refractivity contribution is 6.50. The number of hydrogen-bond acceptors (Lipinski definition) is 2. The zero-order chi connectivity index (χ0) is 19.7. The second-order valence-corrected chi connectivity index (χ2v) is 5.65. The molecule has 0 spiro atoms. The highest BCUT2D eigenvalue weighted by Gasteiger charge is 2.20. The molecule has 0 unspecified atom stereocenters. The van der Waals surface area contributed by atoms with Crippen LogP contribution in [0, 0.1) is 0 Å². The summed E-state index contributed by atoms with van der Waals surface area (Å²) >= 11 is 0. The Bertz CT molecular complexity index is 905. The molecule has 3 nitrogen and oxygen atoms in total. The monoisotopic (exact) mass is 381 g/mol. The Labute approximate surface area is 154 Å². The highest BCUT2D eigenvalue weighted by Crippen LogP contribution is 2.21. The van der Waals surface area contributed by atoms with Crippen molar-refractivity contribution in [2.24, 2.45) is 0 Å². The normalized spacial score (nSPS) is 12.0. The van der Waals surface area contributed by atoms with Crippen molar-refractivity contribution in [1.29, 1.82) is 0 Å². The lowest BCUT2D eigenvalue weighted by Crippen LogP contribution is -2.76. The number of para-hydroxylation sites is 1. The van der Waals surface area contributed by atoms with E-state index in [-0.39, 0.29) is 0 Å². The lowest BCUT2D eigenvalue weighted by Gasteiger charge is -2.02. The molecule has 0 aliphatic carbocycles. The Hall–Kier alpha value is -2.61. The molecular formula is C19H20BF4NO2. The molecule has 0 bridgehead atoms. The lowest BCUT2D eigenvalue weighted by atomic mass is 10.1. The van der Waals surface area contributed by atoms with Crippen LogP contribution < -0.4 is 10.3 Å². The van der Waals surface area contributed by atoms with E-state index in [0.29, 0.717) is 0 Å². The van der Waals surface area contributed by atoms with Gasteiger partial charge in [0.05, 0.1) is 18.1 Å². The zero-order valence-electron chi connectivity index (χ0n) is 14.8. The first-order valence-corrected chi connectivity index (χ1v) is 8.40. The minimum absolute atomic E-state index is 0.758. The van der Waals surface area contributed by atoms with Crippen molar-refractivity contribution < 1.29 is 31.4 Å². The molecule has 3 rings (SSSR count). The fourth-order valence-corrected chi connectivity index (χ4v) is 2.47. The number of fused-ring (bicyclic) bond motifs is 1. The van der Waals surface area contributed by atoms with Gasteiger partial charge in [-0.25, -0.2) is 4.99 Å². The van der Waals surface area contributed by atoms with Crippen LogP contribution in [0.4, 0.5) is 17.3 Å². The van der Waals surface area contributed by atoms with Crippen LogP contribution in [-0.4, -0.2) is 27.5 Å². The van der Waals surface area contributed by atoms with E-state index in [9.17, 15) is 17.3 Å². The summed E-state index contributed by atoms with van der Waals surface area (Å²) in [6.07, 6.45) is 0.970. The molecule has 8 heteroatoms. The Morgan fingerprint density at radius 1 is 0.963 bits per heavy atom. The number of rotatable bonds is 5. The van der Waals surface area contributed by atoms with E-state index in [1.165, 1.54) is 0 Å². The van der Waals surface area contributed by atoms with Gasteiger partial charge < -0.3 is 26.4 Å². The summed E-state index contributed by atoms with van der Waals surface area (Å²) in [7, 11) is -4.27. The molecule has 0 radical (unpaired) electrons. The second-order valence-electron chi connectivity index (χ2n) is 5.65. The SMILES string of the molecule is COCCC[NH+]=c1cc(-c2ccccc2)oc2ccccc12.F[B-](F)(F)F. The fourth-order valence-electron chi connectivity index (χ4n) is 2.47. The van der Waals surface area contributed by atoms with E-state index >= 15 is 0 Å². The second kappa shape index (κ2) is 9.92. The molecule has 0 saturated carbocycles. The van der Waals surface area contributed by atoms with Crippen molar-refractivity contribution in [2.45, 2.75) is 6.42 Å². The molecule has 2 aromatic carbocycles. The van der Waals surface area contributed by atoms with Crippen LogP contribution in [-0.2, 0) is 4.74 Å². The Balaban J connectivity index is 0.000000465. The predicted molar refractivity (Wildman–Crippen MR) is 97.3 cm³/mol. The van der Waals surface area contributed by atoms with E-state index < -0.39 is 7.25 Å². The standard InChI is InChI=1S/C19H19NO2.BF4/c1-21-13-7-12-20-17-14-19(15-8-3-2-4-9-15)22-18-11-6-5-10-16(17)18;2-1(3,4)5/h2-6,8-11,14H,7,12-13H2,1H3;/q;-1/p+1. The van der Waals surface area contributed by atoms with Crippen molar-refractivity contribution in [3.05, 3.63) is 66.0 Å². The largest absolute Gasteiger partial charge is 0.673 e. The minimum Gasteiger partial charge on any atom is -0.456 e. The minimum atomic E-state index is -6.00. The number of halogens is 4. The lowest BCUT2D eigenvalue weighted by molar-refractivity contribution is -0.500. The molecule has 0 atom stereocenters. The van der Waals surface area contributed by atoms with Crippen LogP contribution in [0.3, 0.4) is 0 Å². The van der Waals surface area contributed by atoms with Gasteiger partial charge in [0, 0.05) is 19.1 Å². The van der Waals surface area contributed by atoms with Crippen LogP contribution in [0.1, 0.15) is 6.42 Å². The molecular weight excluding hydrogens is 361 g/mol. The van der Waals surface area contributed by atoms with Crippen LogP contribution in [0.2, 0.25) is 0 Å². The van der Waals surface area contributed by atoms with Gasteiger partial charge in [-0.2, -0.15) is 0 Å². The van der Waals surface area contributed by atoms with Gasteiger partial charge >= 0.3 is 7.25 Å². The molecule has 0 saturated heterocycles. The molecule has 144 valence electrons. The topological polar surface area (TPSA) is 36.3 Å². The number of nitrogens with one attached hydrogen (secondary N) is 1. The Kier molecular flexibility index (Phi) is 7.61. The van der Waals surface area contributed by atoms with Gasteiger partial charge in [-0.15, -0.1) is 0 Å². The van der Waals surface area contributed by atoms with Gasteiger partial charge in [-0.3, -0.25) is 0 Å². The summed E-state index contributed by atoms with van der Waals surface area (Å²) in [5.74, 6) is 0.869.